The molecule has 0 aromatic carbocycles. The van der Waals surface area contributed by atoms with Crippen molar-refractivity contribution in [2.24, 2.45) is 35.5 Å². The van der Waals surface area contributed by atoms with Crippen LogP contribution in [0.3, 0.4) is 0 Å². The normalized spacial score (nSPS) is 49.3. The Bertz CT molecular complexity index is 746. The Morgan fingerprint density at radius 3 is 1.10 bits per heavy atom. The van der Waals surface area contributed by atoms with Gasteiger partial charge in [0, 0.05) is 25.9 Å². The lowest BCUT2D eigenvalue weighted by Gasteiger charge is -2.58. The number of hydrogen-bond acceptors (Lipinski definition) is 0. The third-order valence-electron chi connectivity index (χ3n) is 10.3. The van der Waals surface area contributed by atoms with Crippen molar-refractivity contribution in [1.82, 2.24) is 0 Å². The second kappa shape index (κ2) is 6.55. The Balaban J connectivity index is 1.36. The lowest BCUT2D eigenvalue weighted by Crippen LogP contribution is -2.48. The lowest BCUT2D eigenvalue weighted by atomic mass is 9.50. The molecule has 0 nitrogen and oxygen atoms in total. The molecule has 8 fully saturated rings. The van der Waals surface area contributed by atoms with Crippen LogP contribution in [0.25, 0.3) is 0 Å². The van der Waals surface area contributed by atoms with Gasteiger partial charge in [-0.05, 0) is 118 Å². The van der Waals surface area contributed by atoms with E-state index in [1.54, 1.807) is 102 Å². The second-order valence-corrected chi connectivity index (χ2v) is 18.4. The molecule has 8 aliphatic carbocycles. The third-order valence-corrected chi connectivity index (χ3v) is 16.6. The minimum atomic E-state index is 0.361. The van der Waals surface area contributed by atoms with Crippen molar-refractivity contribution >= 4 is 24.6 Å². The van der Waals surface area contributed by atoms with E-state index in [9.17, 15) is 0 Å². The Labute approximate surface area is 189 Å². The van der Waals surface area contributed by atoms with Gasteiger partial charge in [0.25, 0.3) is 0 Å². The molecule has 3 heteroatoms. The summed E-state index contributed by atoms with van der Waals surface area (Å²) in [5, 5.41) is 5.88. The van der Waals surface area contributed by atoms with E-state index in [2.05, 4.69) is 20.8 Å². The van der Waals surface area contributed by atoms with Gasteiger partial charge in [-0.3, -0.25) is 0 Å². The molecular formula is C27H39P3. The molecule has 8 saturated carbocycles. The molecule has 8 bridgehead atoms. The Morgan fingerprint density at radius 1 is 0.533 bits per heavy atom. The van der Waals surface area contributed by atoms with Crippen molar-refractivity contribution in [3.05, 3.63) is 15.1 Å². The molecule has 0 atom stereocenters. The average Bonchev–Trinajstić information content (AvgIpc) is 2.65. The second-order valence-electron chi connectivity index (χ2n) is 14.0. The summed E-state index contributed by atoms with van der Waals surface area (Å²) in [5.74, 6) is 6.47. The van der Waals surface area contributed by atoms with Gasteiger partial charge in [0.15, 0.2) is 0 Å². The minimum Gasteiger partial charge on any atom is -0.0581 e. The topological polar surface area (TPSA) is 0 Å². The van der Waals surface area contributed by atoms with Gasteiger partial charge in [0.05, 0.1) is 0 Å². The van der Waals surface area contributed by atoms with Gasteiger partial charge in [-0.15, -0.1) is 0 Å². The average molecular weight is 457 g/mol. The molecule has 0 saturated heterocycles. The largest absolute Gasteiger partial charge is 0.0581 e. The Hall–Kier alpha value is 0.510. The summed E-state index contributed by atoms with van der Waals surface area (Å²) in [7, 11) is 5.16. The third kappa shape index (κ3) is 3.02. The molecule has 0 amide bonds. The fourth-order valence-corrected chi connectivity index (χ4v) is 16.4. The van der Waals surface area contributed by atoms with Crippen LogP contribution in [0.1, 0.15) is 113 Å². The minimum absolute atomic E-state index is 0.361. The zero-order valence-electron chi connectivity index (χ0n) is 19.3. The molecule has 1 aromatic rings. The van der Waals surface area contributed by atoms with E-state index < -0.39 is 0 Å². The van der Waals surface area contributed by atoms with Crippen LogP contribution in [-0.2, 0) is 16.2 Å². The van der Waals surface area contributed by atoms with Crippen molar-refractivity contribution in [2.45, 2.75) is 114 Å². The maximum atomic E-state index is 2.51. The summed E-state index contributed by atoms with van der Waals surface area (Å²) in [6.45, 7) is 7.54. The van der Waals surface area contributed by atoms with Gasteiger partial charge in [-0.1, -0.05) is 45.3 Å². The van der Waals surface area contributed by atoms with Crippen LogP contribution in [0.2, 0.25) is 0 Å². The van der Waals surface area contributed by atoms with Gasteiger partial charge in [-0.2, -0.15) is 0 Å². The predicted octanol–water partition coefficient (Wildman–Crippen LogP) is 9.66. The van der Waals surface area contributed by atoms with Gasteiger partial charge in [-0.25, -0.2) is 0 Å². The molecule has 1 heterocycles. The maximum Gasteiger partial charge on any atom is 0.0141 e. The van der Waals surface area contributed by atoms with Gasteiger partial charge in [0.1, 0.15) is 0 Å². The molecule has 0 radical (unpaired) electrons. The fraction of sp³-hybridized carbons (Fsp3) is 0.889. The molecule has 0 N–H and O–H groups in total. The molecule has 0 spiro atoms. The fourth-order valence-electron chi connectivity index (χ4n) is 9.95. The Kier molecular flexibility index (Phi) is 4.35. The Morgan fingerprint density at radius 2 is 0.833 bits per heavy atom. The van der Waals surface area contributed by atoms with E-state index in [1.165, 1.54) is 0 Å². The smallest absolute Gasteiger partial charge is 0.0141 e. The maximum absolute atomic E-state index is 2.51. The highest BCUT2D eigenvalue weighted by Gasteiger charge is 2.55. The van der Waals surface area contributed by atoms with Gasteiger partial charge < -0.3 is 0 Å². The van der Waals surface area contributed by atoms with Crippen LogP contribution in [0, 0.1) is 35.5 Å². The number of rotatable bonds is 2. The number of hydrogen-bond donors (Lipinski definition) is 0. The summed E-state index contributed by atoms with van der Waals surface area (Å²) in [6.07, 6.45) is 18.9. The van der Waals surface area contributed by atoms with Crippen molar-refractivity contribution in [3.63, 3.8) is 0 Å². The van der Waals surface area contributed by atoms with Crippen molar-refractivity contribution in [2.75, 3.05) is 0 Å². The molecule has 9 rings (SSSR count). The molecule has 162 valence electrons. The van der Waals surface area contributed by atoms with Crippen molar-refractivity contribution in [3.8, 4) is 0 Å². The molecule has 8 aliphatic rings. The van der Waals surface area contributed by atoms with E-state index in [4.69, 9.17) is 0 Å². The van der Waals surface area contributed by atoms with E-state index in [1.807, 2.05) is 15.1 Å². The van der Waals surface area contributed by atoms with Crippen molar-refractivity contribution in [1.29, 1.82) is 0 Å². The summed E-state index contributed by atoms with van der Waals surface area (Å²) in [4.78, 5) is 0. The summed E-state index contributed by atoms with van der Waals surface area (Å²) in [5.41, 5.74) is 1.63. The van der Waals surface area contributed by atoms with Crippen LogP contribution in [0.15, 0.2) is 0 Å². The first-order valence-corrected chi connectivity index (χ1v) is 15.7. The highest BCUT2D eigenvalue weighted by molar-refractivity contribution is 7.61. The molecular weight excluding hydrogens is 417 g/mol. The van der Waals surface area contributed by atoms with E-state index >= 15 is 0 Å². The van der Waals surface area contributed by atoms with Gasteiger partial charge in [0.2, 0.25) is 0 Å². The van der Waals surface area contributed by atoms with Crippen LogP contribution in [-0.4, -0.2) is 0 Å². The van der Waals surface area contributed by atoms with E-state index in [-0.39, 0.29) is 0 Å². The van der Waals surface area contributed by atoms with Crippen molar-refractivity contribution < 1.29 is 0 Å². The molecule has 0 aliphatic heterocycles. The first-order valence-electron chi connectivity index (χ1n) is 13.1. The highest BCUT2D eigenvalue weighted by atomic mass is 31.1. The van der Waals surface area contributed by atoms with Crippen LogP contribution < -0.4 is 0 Å². The molecule has 0 unspecified atom stereocenters. The van der Waals surface area contributed by atoms with E-state index in [0.717, 1.165) is 35.5 Å². The first kappa shape index (κ1) is 19.9. The zero-order valence-corrected chi connectivity index (χ0v) is 22.0. The first-order chi connectivity index (χ1) is 14.3. The quantitative estimate of drug-likeness (QED) is 0.415. The summed E-state index contributed by atoms with van der Waals surface area (Å²) >= 11 is 0. The zero-order chi connectivity index (χ0) is 20.3. The highest BCUT2D eigenvalue weighted by Crippen LogP contribution is 2.68. The SMILES string of the molecule is CC(C)(C)c1pc(C23CC4CC(CC(C4)C2)C3)pc(C23CC4CC(CC(C4)C2)C3)p1. The van der Waals surface area contributed by atoms with Gasteiger partial charge >= 0.3 is 0 Å². The van der Waals surface area contributed by atoms with E-state index in [0.29, 0.717) is 16.2 Å². The lowest BCUT2D eigenvalue weighted by molar-refractivity contribution is -0.00309. The molecule has 30 heavy (non-hydrogen) atoms. The summed E-state index contributed by atoms with van der Waals surface area (Å²) < 4.78 is 0. The molecule has 1 aromatic heterocycles. The summed E-state index contributed by atoms with van der Waals surface area (Å²) in [6, 6.07) is 0. The van der Waals surface area contributed by atoms with Crippen LogP contribution in [0.4, 0.5) is 0 Å². The van der Waals surface area contributed by atoms with Crippen LogP contribution >= 0.6 is 24.6 Å². The monoisotopic (exact) mass is 456 g/mol. The predicted molar refractivity (Wildman–Crippen MR) is 132 cm³/mol. The van der Waals surface area contributed by atoms with Crippen LogP contribution in [0.5, 0.6) is 0 Å². The standard InChI is InChI=1S/C27H39P3/c1-25(2,3)22-28-23(26-10-16-4-17(11-26)6-18(5-16)12-26)30-24(29-22)27-13-19-7-20(14-27)9-21(8-19)15-27/h16-21H,4-15H2,1-3H3.